The molecule has 0 heterocycles. The summed E-state index contributed by atoms with van der Waals surface area (Å²) in [6.45, 7) is -0.0509. The minimum absolute atomic E-state index is 0.00549. The van der Waals surface area contributed by atoms with E-state index in [-0.39, 0.29) is 24.2 Å². The second-order valence-electron chi connectivity index (χ2n) is 4.64. The van der Waals surface area contributed by atoms with Crippen LogP contribution in [0.5, 0.6) is 5.75 Å². The molecule has 4 nitrogen and oxygen atoms in total. The van der Waals surface area contributed by atoms with Crippen LogP contribution < -0.4 is 4.74 Å². The zero-order valence-corrected chi connectivity index (χ0v) is 10.6. The van der Waals surface area contributed by atoms with Crippen molar-refractivity contribution in [3.05, 3.63) is 29.6 Å². The number of carboxylic acid groups (broad SMARTS) is 1. The van der Waals surface area contributed by atoms with Gasteiger partial charge in [0.25, 0.3) is 0 Å². The quantitative estimate of drug-likeness (QED) is 0.833. The van der Waals surface area contributed by atoms with Crippen molar-refractivity contribution in [2.75, 3.05) is 6.79 Å². The lowest BCUT2D eigenvalue weighted by molar-refractivity contribution is -0.0509. The monoisotopic (exact) mass is 268 g/mol. The molecule has 1 aliphatic carbocycles. The number of aromatic carboxylic acids is 1. The number of rotatable bonds is 5. The Kier molecular flexibility index (Phi) is 4.74. The van der Waals surface area contributed by atoms with Crippen LogP contribution in [0.15, 0.2) is 18.2 Å². The normalized spacial score (nSPS) is 16.3. The first-order valence-electron chi connectivity index (χ1n) is 6.44. The van der Waals surface area contributed by atoms with E-state index >= 15 is 0 Å². The van der Waals surface area contributed by atoms with E-state index < -0.39 is 11.8 Å². The molecule has 0 amide bonds. The fourth-order valence-electron chi connectivity index (χ4n) is 2.17. The first-order chi connectivity index (χ1) is 9.16. The minimum Gasteiger partial charge on any atom is -0.478 e. The van der Waals surface area contributed by atoms with Crippen LogP contribution in [0.1, 0.15) is 42.5 Å². The van der Waals surface area contributed by atoms with Crippen molar-refractivity contribution in [3.8, 4) is 5.75 Å². The number of halogens is 1. The van der Waals surface area contributed by atoms with Crippen LogP contribution in [-0.4, -0.2) is 24.0 Å². The van der Waals surface area contributed by atoms with E-state index in [0.717, 1.165) is 31.7 Å². The molecule has 19 heavy (non-hydrogen) atoms. The van der Waals surface area contributed by atoms with Gasteiger partial charge in [0.05, 0.1) is 11.7 Å². The van der Waals surface area contributed by atoms with E-state index in [9.17, 15) is 9.18 Å². The molecule has 0 bridgehead atoms. The van der Waals surface area contributed by atoms with Gasteiger partial charge in [-0.05, 0) is 31.0 Å². The van der Waals surface area contributed by atoms with Gasteiger partial charge in [-0.1, -0.05) is 19.3 Å². The van der Waals surface area contributed by atoms with Gasteiger partial charge in [-0.3, -0.25) is 0 Å². The average molecular weight is 268 g/mol. The summed E-state index contributed by atoms with van der Waals surface area (Å²) in [6, 6.07) is 3.45. The second kappa shape index (κ2) is 6.52. The van der Waals surface area contributed by atoms with Crippen molar-refractivity contribution in [1.29, 1.82) is 0 Å². The molecule has 1 saturated carbocycles. The number of hydrogen-bond acceptors (Lipinski definition) is 3. The van der Waals surface area contributed by atoms with Gasteiger partial charge < -0.3 is 14.6 Å². The van der Waals surface area contributed by atoms with Gasteiger partial charge >= 0.3 is 5.97 Å². The van der Waals surface area contributed by atoms with Crippen LogP contribution in [0.3, 0.4) is 0 Å². The summed E-state index contributed by atoms with van der Waals surface area (Å²) >= 11 is 0. The molecule has 0 aliphatic heterocycles. The summed E-state index contributed by atoms with van der Waals surface area (Å²) < 4.78 is 24.1. The lowest BCUT2D eigenvalue weighted by Crippen LogP contribution is -2.19. The maximum Gasteiger partial charge on any atom is 0.335 e. The molecule has 5 heteroatoms. The summed E-state index contributed by atoms with van der Waals surface area (Å²) in [4.78, 5) is 10.8. The van der Waals surface area contributed by atoms with Crippen LogP contribution in [0.2, 0.25) is 0 Å². The van der Waals surface area contributed by atoms with Crippen LogP contribution >= 0.6 is 0 Å². The molecule has 0 aromatic heterocycles. The highest BCUT2D eigenvalue weighted by atomic mass is 19.1. The molecule has 0 atom stereocenters. The Balaban J connectivity index is 1.87. The SMILES string of the molecule is O=C(O)c1ccc(F)c(OCOC2CCCCC2)c1. The molecular formula is C14H17FO4. The Morgan fingerprint density at radius 3 is 2.74 bits per heavy atom. The molecule has 0 unspecified atom stereocenters. The molecule has 0 radical (unpaired) electrons. The summed E-state index contributed by atoms with van der Waals surface area (Å²) in [5.41, 5.74) is -0.00549. The Morgan fingerprint density at radius 1 is 1.32 bits per heavy atom. The van der Waals surface area contributed by atoms with Crippen molar-refractivity contribution < 1.29 is 23.8 Å². The van der Waals surface area contributed by atoms with Crippen LogP contribution in [-0.2, 0) is 4.74 Å². The highest BCUT2D eigenvalue weighted by molar-refractivity contribution is 5.88. The van der Waals surface area contributed by atoms with Gasteiger partial charge in [0.15, 0.2) is 18.4 Å². The number of hydrogen-bond donors (Lipinski definition) is 1. The molecule has 0 saturated heterocycles. The highest BCUT2D eigenvalue weighted by Crippen LogP contribution is 2.22. The van der Waals surface area contributed by atoms with E-state index in [4.69, 9.17) is 14.6 Å². The van der Waals surface area contributed by atoms with Crippen molar-refractivity contribution in [2.45, 2.75) is 38.2 Å². The molecule has 2 rings (SSSR count). The Hall–Kier alpha value is -1.62. The summed E-state index contributed by atoms with van der Waals surface area (Å²) in [5.74, 6) is -1.79. The minimum atomic E-state index is -1.11. The van der Waals surface area contributed by atoms with Crippen LogP contribution in [0.25, 0.3) is 0 Å². The number of ether oxygens (including phenoxy) is 2. The molecule has 1 aliphatic rings. The van der Waals surface area contributed by atoms with E-state index in [1.54, 1.807) is 0 Å². The zero-order chi connectivity index (χ0) is 13.7. The lowest BCUT2D eigenvalue weighted by Gasteiger charge is -2.22. The highest BCUT2D eigenvalue weighted by Gasteiger charge is 2.14. The predicted molar refractivity (Wildman–Crippen MR) is 66.8 cm³/mol. The summed E-state index contributed by atoms with van der Waals surface area (Å²) in [6.07, 6.45) is 5.69. The summed E-state index contributed by atoms with van der Waals surface area (Å²) in [5, 5.41) is 8.82. The maximum absolute atomic E-state index is 13.4. The second-order valence-corrected chi connectivity index (χ2v) is 4.64. The standard InChI is InChI=1S/C14H17FO4/c15-12-7-6-10(14(16)17)8-13(12)19-9-18-11-4-2-1-3-5-11/h6-8,11H,1-5,9H2,(H,16,17). The number of carbonyl (C=O) groups is 1. The third-order valence-electron chi connectivity index (χ3n) is 3.25. The Labute approximate surface area is 111 Å². The van der Waals surface area contributed by atoms with Gasteiger partial charge in [0.1, 0.15) is 0 Å². The fraction of sp³-hybridized carbons (Fsp3) is 0.500. The largest absolute Gasteiger partial charge is 0.478 e. The molecule has 104 valence electrons. The van der Waals surface area contributed by atoms with Gasteiger partial charge in [-0.15, -0.1) is 0 Å². The van der Waals surface area contributed by atoms with E-state index in [0.29, 0.717) is 0 Å². The van der Waals surface area contributed by atoms with Crippen LogP contribution in [0, 0.1) is 5.82 Å². The average Bonchev–Trinajstić information content (AvgIpc) is 2.42. The van der Waals surface area contributed by atoms with Crippen LogP contribution in [0.4, 0.5) is 4.39 Å². The predicted octanol–water partition coefficient (Wildman–Crippen LogP) is 3.21. The van der Waals surface area contributed by atoms with Gasteiger partial charge in [0.2, 0.25) is 0 Å². The third kappa shape index (κ3) is 3.92. The van der Waals surface area contributed by atoms with Gasteiger partial charge in [0, 0.05) is 0 Å². The Morgan fingerprint density at radius 2 is 2.05 bits per heavy atom. The van der Waals surface area contributed by atoms with E-state index in [1.807, 2.05) is 0 Å². The van der Waals surface area contributed by atoms with E-state index in [2.05, 4.69) is 0 Å². The fourth-order valence-corrected chi connectivity index (χ4v) is 2.17. The lowest BCUT2D eigenvalue weighted by atomic mass is 9.98. The molecule has 1 aromatic rings. The first-order valence-corrected chi connectivity index (χ1v) is 6.44. The molecular weight excluding hydrogens is 251 g/mol. The van der Waals surface area contributed by atoms with Crippen molar-refractivity contribution in [3.63, 3.8) is 0 Å². The third-order valence-corrected chi connectivity index (χ3v) is 3.25. The van der Waals surface area contributed by atoms with Crippen molar-refractivity contribution in [2.24, 2.45) is 0 Å². The zero-order valence-electron chi connectivity index (χ0n) is 10.6. The van der Waals surface area contributed by atoms with Crippen molar-refractivity contribution >= 4 is 5.97 Å². The molecule has 0 spiro atoms. The smallest absolute Gasteiger partial charge is 0.335 e. The summed E-state index contributed by atoms with van der Waals surface area (Å²) in [7, 11) is 0. The van der Waals surface area contributed by atoms with Crippen molar-refractivity contribution in [1.82, 2.24) is 0 Å². The number of carboxylic acids is 1. The first kappa shape index (κ1) is 13.8. The van der Waals surface area contributed by atoms with E-state index in [1.165, 1.54) is 18.6 Å². The van der Waals surface area contributed by atoms with Gasteiger partial charge in [-0.25, -0.2) is 9.18 Å². The number of benzene rings is 1. The Bertz CT molecular complexity index is 441. The maximum atomic E-state index is 13.4. The topological polar surface area (TPSA) is 55.8 Å². The molecule has 1 N–H and O–H groups in total. The molecule has 1 aromatic carbocycles. The molecule has 1 fully saturated rings. The van der Waals surface area contributed by atoms with Gasteiger partial charge in [-0.2, -0.15) is 0 Å².